The maximum atomic E-state index is 12.0. The van der Waals surface area contributed by atoms with E-state index < -0.39 is 11.8 Å². The highest BCUT2D eigenvalue weighted by Crippen LogP contribution is 2.22. The fourth-order valence-electron chi connectivity index (χ4n) is 2.14. The Labute approximate surface area is 146 Å². The third-order valence-electron chi connectivity index (χ3n) is 3.20. The van der Waals surface area contributed by atoms with Crippen molar-refractivity contribution >= 4 is 17.6 Å². The van der Waals surface area contributed by atoms with Gasteiger partial charge in [0.2, 0.25) is 0 Å². The lowest BCUT2D eigenvalue weighted by atomic mass is 10.1. The summed E-state index contributed by atoms with van der Waals surface area (Å²) in [4.78, 5) is 28.5. The average molecular weight is 342 g/mol. The van der Waals surface area contributed by atoms with Crippen LogP contribution >= 0.6 is 0 Å². The highest BCUT2D eigenvalue weighted by atomic mass is 16.6. The molecule has 0 atom stereocenters. The average Bonchev–Trinajstić information content (AvgIpc) is 2.97. The predicted molar refractivity (Wildman–Crippen MR) is 95.4 cm³/mol. The molecule has 0 aliphatic carbocycles. The van der Waals surface area contributed by atoms with Crippen molar-refractivity contribution in [2.75, 3.05) is 11.9 Å². The first-order chi connectivity index (χ1) is 12.0. The van der Waals surface area contributed by atoms with Crippen LogP contribution in [0.25, 0.3) is 11.3 Å². The maximum absolute atomic E-state index is 12.0. The Morgan fingerprint density at radius 1 is 1.28 bits per heavy atom. The van der Waals surface area contributed by atoms with Crippen molar-refractivity contribution in [1.29, 1.82) is 0 Å². The van der Waals surface area contributed by atoms with Crippen molar-refractivity contribution in [3.8, 4) is 11.3 Å². The Balaban J connectivity index is 2.17. The molecular formula is C18H22N4O3. The lowest BCUT2D eigenvalue weighted by molar-refractivity contribution is -0.143. The molecule has 2 amide bonds. The van der Waals surface area contributed by atoms with E-state index in [-0.39, 0.29) is 6.61 Å². The molecule has 2 rings (SSSR count). The lowest BCUT2D eigenvalue weighted by Gasteiger charge is -2.10. The van der Waals surface area contributed by atoms with Gasteiger partial charge in [0.15, 0.2) is 0 Å². The van der Waals surface area contributed by atoms with Gasteiger partial charge in [-0.2, -0.15) is 5.10 Å². The highest BCUT2D eigenvalue weighted by Gasteiger charge is 2.18. The molecule has 0 unspecified atom stereocenters. The topological polar surface area (TPSA) is 85.2 Å². The number of amides is 2. The molecule has 0 bridgehead atoms. The normalized spacial score (nSPS) is 10.5. The Morgan fingerprint density at radius 3 is 2.64 bits per heavy atom. The van der Waals surface area contributed by atoms with Crippen LogP contribution in [-0.2, 0) is 21.0 Å². The van der Waals surface area contributed by atoms with Gasteiger partial charge in [0, 0.05) is 18.2 Å². The quantitative estimate of drug-likeness (QED) is 0.350. The number of hydroxylamine groups is 1. The SMILES string of the molecule is C=CCONC(=O)C(=O)Nc1cc(-c2ccccc2)nn1CC(C)C. The molecule has 0 aliphatic rings. The molecule has 0 fully saturated rings. The summed E-state index contributed by atoms with van der Waals surface area (Å²) >= 11 is 0. The minimum atomic E-state index is -0.889. The summed E-state index contributed by atoms with van der Waals surface area (Å²) in [5.41, 5.74) is 3.70. The van der Waals surface area contributed by atoms with Gasteiger partial charge in [0.25, 0.3) is 0 Å². The van der Waals surface area contributed by atoms with E-state index in [4.69, 9.17) is 4.84 Å². The van der Waals surface area contributed by atoms with Crippen LogP contribution in [0.15, 0.2) is 49.1 Å². The van der Waals surface area contributed by atoms with Gasteiger partial charge in [-0.15, -0.1) is 6.58 Å². The van der Waals surface area contributed by atoms with Crippen molar-refractivity contribution in [2.24, 2.45) is 5.92 Å². The largest absolute Gasteiger partial charge is 0.333 e. The highest BCUT2D eigenvalue weighted by molar-refractivity contribution is 6.39. The molecule has 1 aromatic heterocycles. The van der Waals surface area contributed by atoms with E-state index in [1.807, 2.05) is 44.2 Å². The molecule has 7 nitrogen and oxygen atoms in total. The lowest BCUT2D eigenvalue weighted by Crippen LogP contribution is -2.36. The van der Waals surface area contributed by atoms with Gasteiger partial charge in [-0.1, -0.05) is 50.3 Å². The molecule has 132 valence electrons. The number of aromatic nitrogens is 2. The van der Waals surface area contributed by atoms with E-state index in [0.29, 0.717) is 18.3 Å². The molecule has 1 aromatic carbocycles. The Bertz CT molecular complexity index is 738. The van der Waals surface area contributed by atoms with Crippen molar-refractivity contribution < 1.29 is 14.4 Å². The fourth-order valence-corrected chi connectivity index (χ4v) is 2.14. The number of carbonyl (C=O) groups is 2. The first-order valence-corrected chi connectivity index (χ1v) is 7.98. The number of hydrogen-bond acceptors (Lipinski definition) is 4. The number of nitrogens with one attached hydrogen (secondary N) is 2. The second-order valence-corrected chi connectivity index (χ2v) is 5.84. The number of hydrogen-bond donors (Lipinski definition) is 2. The summed E-state index contributed by atoms with van der Waals surface area (Å²) in [5.74, 6) is -0.936. The van der Waals surface area contributed by atoms with E-state index in [2.05, 4.69) is 22.5 Å². The van der Waals surface area contributed by atoms with Crippen LogP contribution < -0.4 is 10.8 Å². The Hall–Kier alpha value is -2.93. The smallest absolute Gasteiger partial charge is 0.302 e. The van der Waals surface area contributed by atoms with Crippen LogP contribution in [0, 0.1) is 5.92 Å². The number of rotatable bonds is 7. The third-order valence-corrected chi connectivity index (χ3v) is 3.20. The van der Waals surface area contributed by atoms with E-state index in [1.54, 1.807) is 10.7 Å². The Kier molecular flexibility index (Phi) is 6.47. The zero-order valence-electron chi connectivity index (χ0n) is 14.4. The number of carbonyl (C=O) groups excluding carboxylic acids is 2. The standard InChI is InChI=1S/C18H22N4O3/c1-4-10-25-21-18(24)17(23)19-16-11-15(14-8-6-5-7-9-14)20-22(16)12-13(2)3/h4-9,11,13H,1,10,12H2,2-3H3,(H,19,23)(H,21,24). The van der Waals surface area contributed by atoms with Crippen LogP contribution in [0.2, 0.25) is 0 Å². The molecule has 2 N–H and O–H groups in total. The van der Waals surface area contributed by atoms with Gasteiger partial charge in [-0.05, 0) is 5.92 Å². The van der Waals surface area contributed by atoms with Crippen LogP contribution in [0.5, 0.6) is 0 Å². The molecular weight excluding hydrogens is 320 g/mol. The van der Waals surface area contributed by atoms with Crippen molar-refractivity contribution in [3.05, 3.63) is 49.1 Å². The number of nitrogens with zero attached hydrogens (tertiary/aromatic N) is 2. The van der Waals surface area contributed by atoms with Crippen LogP contribution in [-0.4, -0.2) is 28.2 Å². The first-order valence-electron chi connectivity index (χ1n) is 7.98. The van der Waals surface area contributed by atoms with Crippen LogP contribution in [0.3, 0.4) is 0 Å². The molecule has 7 heteroatoms. The van der Waals surface area contributed by atoms with Crippen molar-refractivity contribution in [2.45, 2.75) is 20.4 Å². The molecule has 2 aromatic rings. The van der Waals surface area contributed by atoms with Gasteiger partial charge in [0.1, 0.15) is 5.82 Å². The van der Waals surface area contributed by atoms with E-state index >= 15 is 0 Å². The zero-order valence-corrected chi connectivity index (χ0v) is 14.4. The van der Waals surface area contributed by atoms with Gasteiger partial charge in [-0.3, -0.25) is 14.4 Å². The molecule has 0 spiro atoms. The summed E-state index contributed by atoms with van der Waals surface area (Å²) in [6.07, 6.45) is 1.46. The molecule has 1 heterocycles. The first kappa shape index (κ1) is 18.4. The van der Waals surface area contributed by atoms with E-state index in [1.165, 1.54) is 6.08 Å². The predicted octanol–water partition coefficient (Wildman–Crippen LogP) is 2.38. The maximum Gasteiger partial charge on any atom is 0.333 e. The second kappa shape index (κ2) is 8.79. The fraction of sp³-hybridized carbons (Fsp3) is 0.278. The van der Waals surface area contributed by atoms with Crippen LogP contribution in [0.1, 0.15) is 13.8 Å². The second-order valence-electron chi connectivity index (χ2n) is 5.84. The summed E-state index contributed by atoms with van der Waals surface area (Å²) in [5, 5.41) is 7.11. The van der Waals surface area contributed by atoms with Gasteiger partial charge < -0.3 is 5.32 Å². The van der Waals surface area contributed by atoms with Crippen LogP contribution in [0.4, 0.5) is 5.82 Å². The Morgan fingerprint density at radius 2 is 2.00 bits per heavy atom. The van der Waals surface area contributed by atoms with E-state index in [9.17, 15) is 9.59 Å². The minimum Gasteiger partial charge on any atom is -0.302 e. The molecule has 0 saturated heterocycles. The minimum absolute atomic E-state index is 0.114. The summed E-state index contributed by atoms with van der Waals surface area (Å²) < 4.78 is 1.68. The zero-order chi connectivity index (χ0) is 18.2. The molecule has 0 aliphatic heterocycles. The molecule has 0 saturated carbocycles. The van der Waals surface area contributed by atoms with E-state index in [0.717, 1.165) is 11.3 Å². The van der Waals surface area contributed by atoms with Crippen molar-refractivity contribution in [3.63, 3.8) is 0 Å². The van der Waals surface area contributed by atoms with Gasteiger partial charge in [-0.25, -0.2) is 10.2 Å². The van der Waals surface area contributed by atoms with Gasteiger partial charge >= 0.3 is 11.8 Å². The molecule has 25 heavy (non-hydrogen) atoms. The summed E-state index contributed by atoms with van der Waals surface area (Å²) in [6, 6.07) is 11.4. The van der Waals surface area contributed by atoms with Gasteiger partial charge in [0.05, 0.1) is 12.3 Å². The monoisotopic (exact) mass is 342 g/mol. The van der Waals surface area contributed by atoms with Crippen molar-refractivity contribution in [1.82, 2.24) is 15.3 Å². The summed E-state index contributed by atoms with van der Waals surface area (Å²) in [7, 11) is 0. The number of anilines is 1. The summed E-state index contributed by atoms with van der Waals surface area (Å²) in [6.45, 7) is 8.27. The third kappa shape index (κ3) is 5.29. The molecule has 0 radical (unpaired) electrons. The number of benzene rings is 1.